The van der Waals surface area contributed by atoms with Gasteiger partial charge in [-0.2, -0.15) is 0 Å². The summed E-state index contributed by atoms with van der Waals surface area (Å²) in [6, 6.07) is 25.8. The van der Waals surface area contributed by atoms with Crippen LogP contribution < -0.4 is 24.6 Å². The van der Waals surface area contributed by atoms with Crippen molar-refractivity contribution in [2.24, 2.45) is 0 Å². The number of nitrogens with one attached hydrogen (secondary N) is 1. The van der Waals surface area contributed by atoms with E-state index in [-0.39, 0.29) is 11.8 Å². The Morgan fingerprint density at radius 3 is 2.36 bits per heavy atom. The van der Waals surface area contributed by atoms with Gasteiger partial charge in [0.05, 0.1) is 18.5 Å². The molecule has 4 aromatic carbocycles. The summed E-state index contributed by atoms with van der Waals surface area (Å²) in [6.45, 7) is 5.16. The van der Waals surface area contributed by atoms with Gasteiger partial charge in [-0.3, -0.25) is 9.59 Å². The zero-order valence-electron chi connectivity index (χ0n) is 25.9. The Bertz CT molecular complexity index is 1740. The third kappa shape index (κ3) is 6.91. The second-order valence-electron chi connectivity index (χ2n) is 10.9. The number of piperazine rings is 1. The molecule has 1 N–H and O–H groups in total. The van der Waals surface area contributed by atoms with E-state index in [1.54, 1.807) is 54.3 Å². The van der Waals surface area contributed by atoms with Gasteiger partial charge < -0.3 is 29.5 Å². The third-order valence-electron chi connectivity index (χ3n) is 7.93. The fourth-order valence-corrected chi connectivity index (χ4v) is 5.40. The molecule has 1 saturated heterocycles. The molecular formula is C36H36N4O5. The molecule has 0 spiro atoms. The zero-order chi connectivity index (χ0) is 31.9. The van der Waals surface area contributed by atoms with Crippen molar-refractivity contribution in [3.63, 3.8) is 0 Å². The van der Waals surface area contributed by atoms with Gasteiger partial charge in [0.1, 0.15) is 11.4 Å². The lowest BCUT2D eigenvalue weighted by atomic mass is 9.98. The monoisotopic (exact) mass is 604 g/mol. The Hall–Kier alpha value is -5.37. The van der Waals surface area contributed by atoms with Crippen LogP contribution in [0.3, 0.4) is 0 Å². The van der Waals surface area contributed by atoms with E-state index in [4.69, 9.17) is 9.47 Å². The summed E-state index contributed by atoms with van der Waals surface area (Å²) < 4.78 is 11.2. The summed E-state index contributed by atoms with van der Waals surface area (Å²) in [7, 11) is 5.25. The van der Waals surface area contributed by atoms with Crippen LogP contribution in [0.5, 0.6) is 11.5 Å². The first kappa shape index (κ1) is 31.1. The fourth-order valence-electron chi connectivity index (χ4n) is 5.40. The van der Waals surface area contributed by atoms with E-state index >= 15 is 0 Å². The van der Waals surface area contributed by atoms with Crippen LogP contribution >= 0.6 is 0 Å². The van der Waals surface area contributed by atoms with Crippen molar-refractivity contribution in [2.45, 2.75) is 6.92 Å². The highest BCUT2D eigenvalue weighted by Crippen LogP contribution is 2.39. The van der Waals surface area contributed by atoms with Crippen molar-refractivity contribution in [3.05, 3.63) is 108 Å². The number of aryl methyl sites for hydroxylation is 1. The standard InChI is InChI=1S/C36H36N4O5/c1-25-12-14-26(15-13-25)28-8-5-6-9-29(28)35(42)37-30-17-16-27(24-33(30)44-4)36(43)39(3)31-10-7-11-32(45-23-22-41)34(31)40-20-18-38(2)19-21-40/h5-17,23-24H,18-21H2,1-4H3,(H,37,42). The first-order valence-electron chi connectivity index (χ1n) is 14.7. The molecule has 230 valence electrons. The van der Waals surface area contributed by atoms with Crippen LogP contribution in [0.4, 0.5) is 17.1 Å². The Labute approximate surface area is 263 Å². The minimum Gasteiger partial charge on any atom is -0.495 e. The highest BCUT2D eigenvalue weighted by molar-refractivity contribution is 6.11. The molecule has 1 heterocycles. The Balaban J connectivity index is 1.41. The summed E-state index contributed by atoms with van der Waals surface area (Å²) in [4.78, 5) is 44.2. The van der Waals surface area contributed by atoms with Gasteiger partial charge in [-0.15, -0.1) is 0 Å². The summed E-state index contributed by atoms with van der Waals surface area (Å²) in [5, 5.41) is 2.96. The molecule has 1 aliphatic rings. The molecule has 0 radical (unpaired) electrons. The van der Waals surface area contributed by atoms with E-state index in [1.165, 1.54) is 7.11 Å². The van der Waals surface area contributed by atoms with Gasteiger partial charge in [0.25, 0.3) is 11.8 Å². The van der Waals surface area contributed by atoms with Crippen molar-refractivity contribution in [2.75, 3.05) is 62.5 Å². The summed E-state index contributed by atoms with van der Waals surface area (Å²) >= 11 is 0. The number of hydrogen-bond acceptors (Lipinski definition) is 7. The lowest BCUT2D eigenvalue weighted by Crippen LogP contribution is -2.45. The average Bonchev–Trinajstić information content (AvgIpc) is 3.07. The van der Waals surface area contributed by atoms with E-state index in [0.29, 0.717) is 34.0 Å². The molecule has 1 aliphatic heterocycles. The van der Waals surface area contributed by atoms with E-state index in [2.05, 4.69) is 22.2 Å². The number of ether oxygens (including phenoxy) is 2. The molecule has 9 heteroatoms. The molecule has 1 fully saturated rings. The van der Waals surface area contributed by atoms with Gasteiger partial charge >= 0.3 is 0 Å². The predicted molar refractivity (Wildman–Crippen MR) is 177 cm³/mol. The molecule has 0 aliphatic carbocycles. The van der Waals surface area contributed by atoms with E-state index in [0.717, 1.165) is 54.8 Å². The number of anilines is 3. The molecule has 0 atom stereocenters. The predicted octanol–water partition coefficient (Wildman–Crippen LogP) is 5.68. The van der Waals surface area contributed by atoms with Crippen LogP contribution in [0.2, 0.25) is 0 Å². The fraction of sp³-hybridized carbons (Fsp3) is 0.222. The number of rotatable bonds is 9. The minimum absolute atomic E-state index is 0.283. The number of nitrogens with zero attached hydrogens (tertiary/aromatic N) is 3. The summed E-state index contributed by atoms with van der Waals surface area (Å²) in [5.74, 6) is 1.89. The van der Waals surface area contributed by atoms with Crippen LogP contribution in [0.1, 0.15) is 26.3 Å². The second-order valence-corrected chi connectivity index (χ2v) is 10.9. The molecular weight excluding hydrogens is 568 g/mol. The van der Waals surface area contributed by atoms with Crippen molar-refractivity contribution >= 4 is 34.8 Å². The van der Waals surface area contributed by atoms with Crippen LogP contribution in [0.15, 0.2) is 91.2 Å². The maximum atomic E-state index is 13.9. The van der Waals surface area contributed by atoms with Crippen LogP contribution in [0.25, 0.3) is 11.1 Å². The number of carbonyl (C=O) groups is 2. The maximum Gasteiger partial charge on any atom is 0.258 e. The number of carbonyl (C=O) groups excluding carboxylic acids is 3. The van der Waals surface area contributed by atoms with Gasteiger partial charge in [0, 0.05) is 44.4 Å². The number of methoxy groups -OCH3 is 1. The van der Waals surface area contributed by atoms with Crippen molar-refractivity contribution in [1.82, 2.24) is 4.90 Å². The molecule has 45 heavy (non-hydrogen) atoms. The first-order valence-corrected chi connectivity index (χ1v) is 14.7. The quantitative estimate of drug-likeness (QED) is 0.194. The van der Waals surface area contributed by atoms with Crippen LogP contribution in [-0.4, -0.2) is 70.0 Å². The molecule has 0 bridgehead atoms. The van der Waals surface area contributed by atoms with Crippen LogP contribution in [-0.2, 0) is 4.79 Å². The topological polar surface area (TPSA) is 91.4 Å². The van der Waals surface area contributed by atoms with E-state index in [9.17, 15) is 14.4 Å². The maximum absolute atomic E-state index is 13.9. The van der Waals surface area contributed by atoms with Crippen molar-refractivity contribution < 1.29 is 23.9 Å². The van der Waals surface area contributed by atoms with E-state index in [1.807, 2.05) is 55.5 Å². The van der Waals surface area contributed by atoms with Gasteiger partial charge in [0.2, 0.25) is 0 Å². The highest BCUT2D eigenvalue weighted by atomic mass is 16.5. The van der Waals surface area contributed by atoms with Gasteiger partial charge in [0.15, 0.2) is 18.0 Å². The van der Waals surface area contributed by atoms with Crippen LogP contribution in [0, 0.1) is 6.92 Å². The van der Waals surface area contributed by atoms with Crippen molar-refractivity contribution in [1.29, 1.82) is 0 Å². The molecule has 4 aromatic rings. The summed E-state index contributed by atoms with van der Waals surface area (Å²) in [6.07, 6.45) is 0.970. The normalized spacial score (nSPS) is 13.0. The Morgan fingerprint density at radius 1 is 0.911 bits per heavy atom. The second kappa shape index (κ2) is 13.9. The Kier molecular flexibility index (Phi) is 9.63. The first-order chi connectivity index (χ1) is 21.8. The van der Waals surface area contributed by atoms with Gasteiger partial charge in [-0.05, 0) is 61.5 Å². The average molecular weight is 605 g/mol. The van der Waals surface area contributed by atoms with Gasteiger partial charge in [-0.1, -0.05) is 54.1 Å². The minimum atomic E-state index is -0.293. The third-order valence-corrected chi connectivity index (χ3v) is 7.93. The lowest BCUT2D eigenvalue weighted by Gasteiger charge is -2.37. The molecule has 9 nitrogen and oxygen atoms in total. The smallest absolute Gasteiger partial charge is 0.258 e. The number of likely N-dealkylation sites (N-methyl/N-ethyl adjacent to an activating group) is 1. The number of benzene rings is 4. The number of hydrogen-bond donors (Lipinski definition) is 1. The highest BCUT2D eigenvalue weighted by Gasteiger charge is 2.26. The molecule has 0 saturated carbocycles. The lowest BCUT2D eigenvalue weighted by molar-refractivity contribution is 0.0991. The zero-order valence-corrected chi connectivity index (χ0v) is 25.9. The van der Waals surface area contributed by atoms with Crippen molar-refractivity contribution in [3.8, 4) is 22.6 Å². The molecule has 5 rings (SSSR count). The summed E-state index contributed by atoms with van der Waals surface area (Å²) in [5.41, 5.74) is 5.57. The van der Waals surface area contributed by atoms with E-state index < -0.39 is 0 Å². The largest absolute Gasteiger partial charge is 0.495 e. The van der Waals surface area contributed by atoms with Gasteiger partial charge in [-0.25, -0.2) is 4.79 Å². The molecule has 0 aromatic heterocycles. The SMILES string of the molecule is COc1cc(C(=O)N(C)c2cccc(OC=C=O)c2N2CCN(C)CC2)ccc1NC(=O)c1ccccc1-c1ccc(C)cc1. The Morgan fingerprint density at radius 2 is 1.64 bits per heavy atom. The number of amides is 2. The number of para-hydroxylation sites is 1. The molecule has 0 unspecified atom stereocenters. The molecule has 2 amide bonds.